The number of halogens is 1. The molecule has 0 radical (unpaired) electrons. The number of aliphatic imine (C=N–C) groups is 1. The molecule has 0 saturated heterocycles. The molecule has 7 heteroatoms. The summed E-state index contributed by atoms with van der Waals surface area (Å²) < 4.78 is 22.5. The summed E-state index contributed by atoms with van der Waals surface area (Å²) in [6.45, 7) is 5.69. The van der Waals surface area contributed by atoms with Crippen LogP contribution in [-0.2, 0) is 9.84 Å². The zero-order valence-electron chi connectivity index (χ0n) is 15.5. The van der Waals surface area contributed by atoms with Gasteiger partial charge in [-0.2, -0.15) is 0 Å². The van der Waals surface area contributed by atoms with Crippen LogP contribution in [0.5, 0.6) is 0 Å². The number of hydrogen-bond donors (Lipinski definition) is 2. The summed E-state index contributed by atoms with van der Waals surface area (Å²) in [5.41, 5.74) is 0. The van der Waals surface area contributed by atoms with Crippen LogP contribution in [0.2, 0.25) is 0 Å². The van der Waals surface area contributed by atoms with Crippen LogP contribution in [0.3, 0.4) is 0 Å². The number of nitrogens with zero attached hydrogens (tertiary/aromatic N) is 1. The lowest BCUT2D eigenvalue weighted by atomic mass is 9.86. The van der Waals surface area contributed by atoms with Crippen molar-refractivity contribution in [2.45, 2.75) is 71.3 Å². The molecule has 24 heavy (non-hydrogen) atoms. The second kappa shape index (κ2) is 13.2. The molecule has 2 N–H and O–H groups in total. The molecule has 0 heterocycles. The monoisotopic (exact) mass is 473 g/mol. The van der Waals surface area contributed by atoms with Crippen LogP contribution in [0.4, 0.5) is 0 Å². The van der Waals surface area contributed by atoms with Gasteiger partial charge in [0.15, 0.2) is 5.96 Å². The first-order chi connectivity index (χ1) is 10.9. The van der Waals surface area contributed by atoms with Gasteiger partial charge in [0.25, 0.3) is 0 Å². The van der Waals surface area contributed by atoms with Crippen LogP contribution >= 0.6 is 24.0 Å². The van der Waals surface area contributed by atoms with E-state index in [0.717, 1.165) is 31.4 Å². The maximum absolute atomic E-state index is 11.2. The van der Waals surface area contributed by atoms with Crippen molar-refractivity contribution < 1.29 is 8.42 Å². The summed E-state index contributed by atoms with van der Waals surface area (Å²) in [4.78, 5) is 4.63. The van der Waals surface area contributed by atoms with E-state index in [1.54, 1.807) is 0 Å². The fourth-order valence-corrected chi connectivity index (χ4v) is 3.84. The molecule has 0 spiro atoms. The van der Waals surface area contributed by atoms with Crippen molar-refractivity contribution in [1.82, 2.24) is 10.6 Å². The Morgan fingerprint density at radius 2 is 1.92 bits per heavy atom. The zero-order chi connectivity index (χ0) is 17.1. The molecule has 0 bridgehead atoms. The molecule has 0 aliphatic heterocycles. The molecule has 1 rings (SSSR count). The molecule has 0 aromatic carbocycles. The number of nitrogens with one attached hydrogen (secondary N) is 2. The Bertz CT molecular complexity index is 449. The highest BCUT2D eigenvalue weighted by atomic mass is 127. The van der Waals surface area contributed by atoms with Gasteiger partial charge < -0.3 is 10.6 Å². The van der Waals surface area contributed by atoms with E-state index < -0.39 is 9.84 Å². The summed E-state index contributed by atoms with van der Waals surface area (Å²) >= 11 is 0. The van der Waals surface area contributed by atoms with E-state index >= 15 is 0 Å². The van der Waals surface area contributed by atoms with E-state index in [-0.39, 0.29) is 35.8 Å². The van der Waals surface area contributed by atoms with Crippen LogP contribution in [-0.4, -0.2) is 45.5 Å². The molecular formula is C17H36IN3O2S. The van der Waals surface area contributed by atoms with Gasteiger partial charge in [-0.15, -0.1) is 24.0 Å². The van der Waals surface area contributed by atoms with Crippen LogP contribution in [0.15, 0.2) is 4.99 Å². The normalized spacial score (nSPS) is 17.9. The molecule has 1 aliphatic rings. The summed E-state index contributed by atoms with van der Waals surface area (Å²) in [6.07, 6.45) is 11.3. The van der Waals surface area contributed by atoms with Gasteiger partial charge in [0.1, 0.15) is 9.84 Å². The van der Waals surface area contributed by atoms with Crippen molar-refractivity contribution in [3.05, 3.63) is 0 Å². The summed E-state index contributed by atoms with van der Waals surface area (Å²) in [5, 5.41) is 6.54. The molecule has 1 saturated carbocycles. The van der Waals surface area contributed by atoms with E-state index in [1.165, 1.54) is 44.8 Å². The minimum absolute atomic E-state index is 0. The Labute approximate surface area is 165 Å². The third kappa shape index (κ3) is 12.3. The second-order valence-electron chi connectivity index (χ2n) is 6.87. The zero-order valence-corrected chi connectivity index (χ0v) is 18.7. The van der Waals surface area contributed by atoms with Crippen molar-refractivity contribution in [2.24, 2.45) is 10.9 Å². The van der Waals surface area contributed by atoms with E-state index in [1.807, 2.05) is 13.8 Å². The van der Waals surface area contributed by atoms with E-state index in [9.17, 15) is 8.42 Å². The van der Waals surface area contributed by atoms with Crippen LogP contribution in [0, 0.1) is 5.92 Å². The standard InChI is InChI=1S/C17H35N3O2S.HI/c1-4-18-17(20-15(2)12-14-23(3,21)22)19-13-8-11-16-9-6-5-7-10-16;/h15-16H,4-14H2,1-3H3,(H2,18,19,20);1H. The highest BCUT2D eigenvalue weighted by Crippen LogP contribution is 2.27. The van der Waals surface area contributed by atoms with Crippen molar-refractivity contribution in [2.75, 3.05) is 25.1 Å². The van der Waals surface area contributed by atoms with Crippen LogP contribution in [0.25, 0.3) is 0 Å². The second-order valence-corrected chi connectivity index (χ2v) is 9.13. The minimum Gasteiger partial charge on any atom is -0.357 e. The van der Waals surface area contributed by atoms with Gasteiger partial charge in [0.05, 0.1) is 5.75 Å². The summed E-state index contributed by atoms with van der Waals surface area (Å²) in [7, 11) is -2.90. The van der Waals surface area contributed by atoms with Gasteiger partial charge in [0.2, 0.25) is 0 Å². The maximum Gasteiger partial charge on any atom is 0.191 e. The van der Waals surface area contributed by atoms with Crippen molar-refractivity contribution in [1.29, 1.82) is 0 Å². The van der Waals surface area contributed by atoms with E-state index in [0.29, 0.717) is 6.42 Å². The first kappa shape index (κ1) is 23.9. The first-order valence-corrected chi connectivity index (χ1v) is 11.2. The van der Waals surface area contributed by atoms with Gasteiger partial charge in [-0.25, -0.2) is 8.42 Å². The van der Waals surface area contributed by atoms with E-state index in [4.69, 9.17) is 0 Å². The largest absolute Gasteiger partial charge is 0.357 e. The molecule has 0 aromatic heterocycles. The van der Waals surface area contributed by atoms with Crippen molar-refractivity contribution >= 4 is 39.8 Å². The predicted molar refractivity (Wildman–Crippen MR) is 114 cm³/mol. The Morgan fingerprint density at radius 1 is 1.25 bits per heavy atom. The maximum atomic E-state index is 11.2. The first-order valence-electron chi connectivity index (χ1n) is 9.13. The smallest absolute Gasteiger partial charge is 0.191 e. The third-order valence-corrected chi connectivity index (χ3v) is 5.39. The van der Waals surface area contributed by atoms with E-state index in [2.05, 4.69) is 15.6 Å². The molecule has 1 unspecified atom stereocenters. The summed E-state index contributed by atoms with van der Waals surface area (Å²) in [6, 6.07) is 0.0980. The molecule has 144 valence electrons. The average molecular weight is 473 g/mol. The lowest BCUT2D eigenvalue weighted by Crippen LogP contribution is -2.42. The number of rotatable bonds is 9. The third-order valence-electron chi connectivity index (χ3n) is 4.41. The van der Waals surface area contributed by atoms with Gasteiger partial charge >= 0.3 is 0 Å². The fraction of sp³-hybridized carbons (Fsp3) is 0.941. The van der Waals surface area contributed by atoms with Crippen LogP contribution in [0.1, 0.15) is 65.2 Å². The molecule has 1 fully saturated rings. The Kier molecular flexibility index (Phi) is 13.2. The van der Waals surface area contributed by atoms with Gasteiger partial charge in [-0.3, -0.25) is 4.99 Å². The average Bonchev–Trinajstić information content (AvgIpc) is 2.50. The molecular weight excluding hydrogens is 437 g/mol. The van der Waals surface area contributed by atoms with Gasteiger partial charge in [-0.05, 0) is 39.0 Å². The molecule has 1 atom stereocenters. The highest BCUT2D eigenvalue weighted by Gasteiger charge is 2.13. The molecule has 0 amide bonds. The fourth-order valence-electron chi connectivity index (χ4n) is 3.06. The Morgan fingerprint density at radius 3 is 2.50 bits per heavy atom. The lowest BCUT2D eigenvalue weighted by Gasteiger charge is -2.21. The van der Waals surface area contributed by atoms with Crippen LogP contribution < -0.4 is 10.6 Å². The predicted octanol–water partition coefficient (Wildman–Crippen LogP) is 3.34. The summed E-state index contributed by atoms with van der Waals surface area (Å²) in [5.74, 6) is 1.92. The van der Waals surface area contributed by atoms with Crippen molar-refractivity contribution in [3.8, 4) is 0 Å². The van der Waals surface area contributed by atoms with Crippen molar-refractivity contribution in [3.63, 3.8) is 0 Å². The quantitative estimate of drug-likeness (QED) is 0.233. The molecule has 5 nitrogen and oxygen atoms in total. The lowest BCUT2D eigenvalue weighted by molar-refractivity contribution is 0.334. The minimum atomic E-state index is -2.90. The SMILES string of the molecule is CCNC(=NCCCC1CCCCC1)NC(C)CCS(C)(=O)=O.I. The Balaban J connectivity index is 0.00000529. The number of sulfone groups is 1. The highest BCUT2D eigenvalue weighted by molar-refractivity contribution is 14.0. The Hall–Kier alpha value is -0.0500. The number of guanidine groups is 1. The van der Waals surface area contributed by atoms with Gasteiger partial charge in [-0.1, -0.05) is 32.1 Å². The molecule has 0 aromatic rings. The topological polar surface area (TPSA) is 70.6 Å². The molecule has 1 aliphatic carbocycles. The number of hydrogen-bond acceptors (Lipinski definition) is 3. The van der Waals surface area contributed by atoms with Gasteiger partial charge in [0, 0.05) is 25.4 Å².